The third-order valence-electron chi connectivity index (χ3n) is 4.00. The van der Waals surface area contributed by atoms with Crippen molar-refractivity contribution in [2.24, 2.45) is 11.8 Å². The Hall–Kier alpha value is -1.44. The molecule has 3 heterocycles. The number of nitrogens with zero attached hydrogens (tertiary/aromatic N) is 2. The highest BCUT2D eigenvalue weighted by Crippen LogP contribution is 2.40. The molecule has 1 aliphatic carbocycles. The predicted octanol–water partition coefficient (Wildman–Crippen LogP) is 1.96. The van der Waals surface area contributed by atoms with Crippen molar-refractivity contribution in [3.05, 3.63) is 11.4 Å². The molecule has 6 nitrogen and oxygen atoms in total. The second kappa shape index (κ2) is 4.83. The van der Waals surface area contributed by atoms with Gasteiger partial charge in [-0.05, 0) is 36.6 Å². The van der Waals surface area contributed by atoms with E-state index in [4.69, 9.17) is 10.6 Å². The molecule has 2 aromatic rings. The van der Waals surface area contributed by atoms with Crippen LogP contribution in [0.15, 0.2) is 11.4 Å². The first-order chi connectivity index (χ1) is 9.85. The summed E-state index contributed by atoms with van der Waals surface area (Å²) in [4.78, 5) is 9.76. The molecule has 0 amide bonds. The van der Waals surface area contributed by atoms with Crippen molar-refractivity contribution in [2.45, 2.75) is 31.4 Å². The average Bonchev–Trinajstić information content (AvgIpc) is 3.01. The summed E-state index contributed by atoms with van der Waals surface area (Å²) in [6.07, 6.45) is 3.93. The number of hydrogen-bond acceptors (Lipinski definition) is 7. The van der Waals surface area contributed by atoms with Crippen LogP contribution in [0.3, 0.4) is 0 Å². The molecule has 7 heteroatoms. The number of hydrogen-bond donors (Lipinski definition) is 3. The van der Waals surface area contributed by atoms with Crippen LogP contribution in [0.4, 0.5) is 11.8 Å². The van der Waals surface area contributed by atoms with Crippen LogP contribution in [-0.4, -0.2) is 28.7 Å². The number of aromatic nitrogens is 2. The van der Waals surface area contributed by atoms with Gasteiger partial charge in [0.15, 0.2) is 0 Å². The number of ether oxygens (including phenoxy) is 1. The van der Waals surface area contributed by atoms with Crippen molar-refractivity contribution in [3.8, 4) is 0 Å². The van der Waals surface area contributed by atoms with Crippen molar-refractivity contribution in [2.75, 3.05) is 17.3 Å². The Morgan fingerprint density at radius 1 is 1.30 bits per heavy atom. The van der Waals surface area contributed by atoms with E-state index in [1.807, 2.05) is 11.4 Å². The van der Waals surface area contributed by atoms with Crippen LogP contribution in [-0.2, 0) is 4.74 Å². The van der Waals surface area contributed by atoms with Crippen molar-refractivity contribution in [3.63, 3.8) is 0 Å². The van der Waals surface area contributed by atoms with Crippen molar-refractivity contribution >= 4 is 33.3 Å². The number of nitrogens with two attached hydrogens (primary N) is 1. The lowest BCUT2D eigenvalue weighted by Gasteiger charge is -2.20. The monoisotopic (exact) mass is 291 g/mol. The van der Waals surface area contributed by atoms with E-state index in [0.29, 0.717) is 18.1 Å². The minimum Gasteiger partial charge on any atom is -0.376 e. The first-order valence-corrected chi connectivity index (χ1v) is 7.83. The zero-order valence-corrected chi connectivity index (χ0v) is 11.8. The topological polar surface area (TPSA) is 85.1 Å². The Kier molecular flexibility index (Phi) is 2.98. The third-order valence-corrected chi connectivity index (χ3v) is 4.81. The SMILES string of the molecule is NNc1nc(NC2CCOC2C2CC2)c2ccsc2n1. The lowest BCUT2D eigenvalue weighted by Crippen LogP contribution is -2.31. The summed E-state index contributed by atoms with van der Waals surface area (Å²) < 4.78 is 5.87. The molecular weight excluding hydrogens is 274 g/mol. The van der Waals surface area contributed by atoms with Gasteiger partial charge in [0.2, 0.25) is 5.95 Å². The number of thiophene rings is 1. The number of anilines is 2. The van der Waals surface area contributed by atoms with Gasteiger partial charge in [0.1, 0.15) is 10.6 Å². The van der Waals surface area contributed by atoms with E-state index in [9.17, 15) is 0 Å². The molecule has 1 saturated heterocycles. The molecule has 2 aliphatic rings. The fourth-order valence-electron chi connectivity index (χ4n) is 2.86. The Morgan fingerprint density at radius 3 is 3.00 bits per heavy atom. The zero-order valence-electron chi connectivity index (χ0n) is 11.0. The molecule has 4 rings (SSSR count). The van der Waals surface area contributed by atoms with Gasteiger partial charge < -0.3 is 10.1 Å². The smallest absolute Gasteiger partial charge is 0.240 e. The van der Waals surface area contributed by atoms with Crippen LogP contribution in [0.1, 0.15) is 19.3 Å². The molecule has 2 atom stereocenters. The highest BCUT2D eigenvalue weighted by molar-refractivity contribution is 7.16. The van der Waals surface area contributed by atoms with Crippen LogP contribution in [0, 0.1) is 5.92 Å². The summed E-state index contributed by atoms with van der Waals surface area (Å²) in [6.45, 7) is 0.832. The summed E-state index contributed by atoms with van der Waals surface area (Å²) >= 11 is 1.59. The van der Waals surface area contributed by atoms with Crippen LogP contribution < -0.4 is 16.6 Å². The van der Waals surface area contributed by atoms with Gasteiger partial charge in [-0.25, -0.2) is 10.8 Å². The lowest BCUT2D eigenvalue weighted by molar-refractivity contribution is 0.0898. The molecule has 2 aromatic heterocycles. The van der Waals surface area contributed by atoms with E-state index in [1.54, 1.807) is 11.3 Å². The summed E-state index contributed by atoms with van der Waals surface area (Å²) in [5.74, 6) is 7.47. The second-order valence-electron chi connectivity index (χ2n) is 5.39. The maximum absolute atomic E-state index is 5.87. The Bertz CT molecular complexity index is 626. The Morgan fingerprint density at radius 2 is 2.20 bits per heavy atom. The first-order valence-electron chi connectivity index (χ1n) is 6.95. The third kappa shape index (κ3) is 2.11. The molecule has 2 unspecified atom stereocenters. The van der Waals surface area contributed by atoms with E-state index in [-0.39, 0.29) is 0 Å². The second-order valence-corrected chi connectivity index (χ2v) is 6.29. The highest BCUT2D eigenvalue weighted by Gasteiger charge is 2.40. The minimum absolute atomic E-state index is 0.327. The molecule has 1 aliphatic heterocycles. The van der Waals surface area contributed by atoms with Gasteiger partial charge in [0.05, 0.1) is 17.5 Å². The van der Waals surface area contributed by atoms with Gasteiger partial charge in [0.25, 0.3) is 0 Å². The van der Waals surface area contributed by atoms with Gasteiger partial charge in [-0.3, -0.25) is 5.43 Å². The fraction of sp³-hybridized carbons (Fsp3) is 0.538. The van der Waals surface area contributed by atoms with Gasteiger partial charge in [-0.2, -0.15) is 4.98 Å². The van der Waals surface area contributed by atoms with Crippen LogP contribution >= 0.6 is 11.3 Å². The van der Waals surface area contributed by atoms with Gasteiger partial charge >= 0.3 is 0 Å². The molecule has 2 fully saturated rings. The number of nitrogens with one attached hydrogen (secondary N) is 2. The summed E-state index contributed by atoms with van der Waals surface area (Å²) in [5.41, 5.74) is 2.53. The van der Waals surface area contributed by atoms with Crippen LogP contribution in [0.5, 0.6) is 0 Å². The number of fused-ring (bicyclic) bond motifs is 1. The molecule has 0 aromatic carbocycles. The first kappa shape index (κ1) is 12.3. The minimum atomic E-state index is 0.327. The number of rotatable bonds is 4. The standard InChI is InChI=1S/C13H17N5OS/c14-18-13-16-11(8-4-6-20-12(8)17-13)15-9-3-5-19-10(9)7-1-2-7/h4,6-7,9-10H,1-3,5,14H2,(H2,15,16,17,18). The van der Waals surface area contributed by atoms with Gasteiger partial charge in [-0.1, -0.05) is 0 Å². The van der Waals surface area contributed by atoms with Crippen LogP contribution in [0.25, 0.3) is 10.2 Å². The molecule has 0 spiro atoms. The molecule has 0 bridgehead atoms. The predicted molar refractivity (Wildman–Crippen MR) is 79.7 cm³/mol. The molecule has 4 N–H and O–H groups in total. The molecule has 20 heavy (non-hydrogen) atoms. The quantitative estimate of drug-likeness (QED) is 0.590. The van der Waals surface area contributed by atoms with E-state index in [0.717, 1.165) is 35.0 Å². The van der Waals surface area contributed by atoms with E-state index in [1.165, 1.54) is 12.8 Å². The molecule has 1 saturated carbocycles. The summed E-state index contributed by atoms with van der Waals surface area (Å²) in [5, 5.41) is 6.62. The Balaban J connectivity index is 1.65. The molecule has 106 valence electrons. The maximum Gasteiger partial charge on any atom is 0.240 e. The zero-order chi connectivity index (χ0) is 13.5. The van der Waals surface area contributed by atoms with Crippen molar-refractivity contribution in [1.29, 1.82) is 0 Å². The van der Waals surface area contributed by atoms with Crippen molar-refractivity contribution in [1.82, 2.24) is 9.97 Å². The van der Waals surface area contributed by atoms with Gasteiger partial charge in [0, 0.05) is 6.61 Å². The number of hydrazine groups is 1. The van der Waals surface area contributed by atoms with Crippen LogP contribution in [0.2, 0.25) is 0 Å². The normalized spacial score (nSPS) is 26.1. The summed E-state index contributed by atoms with van der Waals surface area (Å²) in [6, 6.07) is 2.39. The average molecular weight is 291 g/mol. The summed E-state index contributed by atoms with van der Waals surface area (Å²) in [7, 11) is 0. The largest absolute Gasteiger partial charge is 0.376 e. The lowest BCUT2D eigenvalue weighted by atomic mass is 10.1. The molecule has 0 radical (unpaired) electrons. The van der Waals surface area contributed by atoms with E-state index >= 15 is 0 Å². The molecular formula is C13H17N5OS. The fourth-order valence-corrected chi connectivity index (χ4v) is 3.62. The number of nitrogen functional groups attached to an aromatic ring is 1. The van der Waals surface area contributed by atoms with E-state index < -0.39 is 0 Å². The highest BCUT2D eigenvalue weighted by atomic mass is 32.1. The maximum atomic E-state index is 5.87. The van der Waals surface area contributed by atoms with E-state index in [2.05, 4.69) is 20.7 Å². The van der Waals surface area contributed by atoms with Crippen molar-refractivity contribution < 1.29 is 4.74 Å². The Labute approximate surface area is 120 Å². The van der Waals surface area contributed by atoms with Gasteiger partial charge in [-0.15, -0.1) is 11.3 Å².